The van der Waals surface area contributed by atoms with Gasteiger partial charge in [-0.05, 0) is 52.9 Å². The minimum Gasteiger partial charge on any atom is -0.397 e. The second-order valence-electron chi connectivity index (χ2n) is 6.65. The van der Waals surface area contributed by atoms with Gasteiger partial charge >= 0.3 is 0 Å². The van der Waals surface area contributed by atoms with Crippen LogP contribution in [0.1, 0.15) is 5.56 Å². The van der Waals surface area contributed by atoms with Gasteiger partial charge < -0.3 is 20.7 Å². The summed E-state index contributed by atoms with van der Waals surface area (Å²) in [6, 6.07) is 13.6. The lowest BCUT2D eigenvalue weighted by Gasteiger charge is -2.27. The van der Waals surface area contributed by atoms with Crippen molar-refractivity contribution in [1.82, 2.24) is 4.98 Å². The van der Waals surface area contributed by atoms with E-state index in [0.29, 0.717) is 11.4 Å². The van der Waals surface area contributed by atoms with Crippen molar-refractivity contribution in [2.75, 3.05) is 42.3 Å². The van der Waals surface area contributed by atoms with Gasteiger partial charge in [0, 0.05) is 30.2 Å². The molecule has 0 radical (unpaired) electrons. The fourth-order valence-corrected chi connectivity index (χ4v) is 3.81. The first-order chi connectivity index (χ1) is 14.2. The average Bonchev–Trinajstić information content (AvgIpc) is 3.30. The third-order valence-corrected chi connectivity index (χ3v) is 5.57. The van der Waals surface area contributed by atoms with Crippen LogP contribution in [-0.2, 0) is 9.53 Å². The van der Waals surface area contributed by atoms with Gasteiger partial charge in [0.15, 0.2) is 0 Å². The lowest BCUT2D eigenvalue weighted by atomic mass is 10.1. The number of rotatable bonds is 5. The van der Waals surface area contributed by atoms with Crippen LogP contribution in [0.5, 0.6) is 0 Å². The average molecular weight is 407 g/mol. The third-order valence-electron chi connectivity index (χ3n) is 4.65. The maximum absolute atomic E-state index is 12.4. The van der Waals surface area contributed by atoms with E-state index in [1.54, 1.807) is 23.6 Å². The van der Waals surface area contributed by atoms with Gasteiger partial charge in [0.2, 0.25) is 5.91 Å². The number of hydrogen-bond acceptors (Lipinski definition) is 6. The molecule has 1 aromatic carbocycles. The summed E-state index contributed by atoms with van der Waals surface area (Å²) in [5.41, 5.74) is 9.04. The number of aromatic nitrogens is 1. The Kier molecular flexibility index (Phi) is 5.88. The van der Waals surface area contributed by atoms with E-state index in [2.05, 4.69) is 15.2 Å². The first-order valence-corrected chi connectivity index (χ1v) is 10.3. The van der Waals surface area contributed by atoms with Gasteiger partial charge in [-0.25, -0.2) is 4.98 Å². The number of nitrogens with two attached hydrogens (primary N) is 1. The largest absolute Gasteiger partial charge is 0.397 e. The van der Waals surface area contributed by atoms with E-state index in [1.807, 2.05) is 47.8 Å². The number of thiophene rings is 1. The van der Waals surface area contributed by atoms with Crippen LogP contribution in [0.2, 0.25) is 0 Å². The third kappa shape index (κ3) is 4.82. The molecule has 3 heterocycles. The summed E-state index contributed by atoms with van der Waals surface area (Å²) >= 11 is 1.64. The fourth-order valence-electron chi connectivity index (χ4n) is 3.08. The number of carbonyl (C=O) groups is 1. The number of ether oxygens (including phenoxy) is 1. The predicted molar refractivity (Wildman–Crippen MR) is 119 cm³/mol. The van der Waals surface area contributed by atoms with Crippen molar-refractivity contribution in [3.05, 3.63) is 65.7 Å². The summed E-state index contributed by atoms with van der Waals surface area (Å²) in [5.74, 6) is 0.686. The van der Waals surface area contributed by atoms with Gasteiger partial charge in [-0.2, -0.15) is 0 Å². The number of nitrogens with one attached hydrogen (secondary N) is 1. The Morgan fingerprint density at radius 3 is 2.79 bits per heavy atom. The Bertz CT molecular complexity index is 994. The number of benzene rings is 1. The molecule has 0 aliphatic carbocycles. The van der Waals surface area contributed by atoms with Crippen LogP contribution in [0.3, 0.4) is 0 Å². The minimum absolute atomic E-state index is 0.239. The molecule has 2 aromatic heterocycles. The highest BCUT2D eigenvalue weighted by molar-refractivity contribution is 7.13. The lowest BCUT2D eigenvalue weighted by Crippen LogP contribution is -2.36. The summed E-state index contributed by atoms with van der Waals surface area (Å²) in [7, 11) is 0. The quantitative estimate of drug-likeness (QED) is 0.496. The molecule has 29 heavy (non-hydrogen) atoms. The molecule has 1 amide bonds. The van der Waals surface area contributed by atoms with Crippen LogP contribution >= 0.6 is 11.3 Å². The second kappa shape index (κ2) is 8.89. The Morgan fingerprint density at radius 1 is 1.21 bits per heavy atom. The first-order valence-electron chi connectivity index (χ1n) is 9.40. The van der Waals surface area contributed by atoms with Crippen LogP contribution in [-0.4, -0.2) is 37.2 Å². The van der Waals surface area contributed by atoms with Crippen molar-refractivity contribution in [3.63, 3.8) is 0 Å². The molecule has 0 spiro atoms. The number of hydrogen-bond donors (Lipinski definition) is 2. The van der Waals surface area contributed by atoms with Crippen LogP contribution in [0.25, 0.3) is 16.5 Å². The summed E-state index contributed by atoms with van der Waals surface area (Å²) in [4.78, 5) is 20.2. The van der Waals surface area contributed by atoms with Gasteiger partial charge in [-0.15, -0.1) is 11.3 Å². The molecule has 0 bridgehead atoms. The zero-order chi connectivity index (χ0) is 20.1. The number of carbonyl (C=O) groups excluding carboxylic acids is 1. The maximum Gasteiger partial charge on any atom is 0.248 e. The van der Waals surface area contributed by atoms with E-state index in [1.165, 1.54) is 6.08 Å². The summed E-state index contributed by atoms with van der Waals surface area (Å²) < 4.78 is 5.36. The molecule has 1 aliphatic rings. The molecule has 3 N–H and O–H groups in total. The van der Waals surface area contributed by atoms with E-state index in [-0.39, 0.29) is 5.91 Å². The summed E-state index contributed by atoms with van der Waals surface area (Å²) in [6.07, 6.45) is 4.99. The number of nitrogen functional groups attached to an aromatic ring is 1. The van der Waals surface area contributed by atoms with E-state index in [4.69, 9.17) is 10.5 Å². The Labute approximate surface area is 173 Å². The molecule has 6 nitrogen and oxygen atoms in total. The molecule has 1 fully saturated rings. The first kappa shape index (κ1) is 19.2. The van der Waals surface area contributed by atoms with Crippen molar-refractivity contribution >= 4 is 40.5 Å². The highest BCUT2D eigenvalue weighted by atomic mass is 32.1. The molecule has 1 aliphatic heterocycles. The second-order valence-corrected chi connectivity index (χ2v) is 7.60. The number of anilines is 3. The van der Waals surface area contributed by atoms with Crippen molar-refractivity contribution in [3.8, 4) is 10.4 Å². The predicted octanol–water partition coefficient (Wildman–Crippen LogP) is 3.88. The maximum atomic E-state index is 12.4. The van der Waals surface area contributed by atoms with Gasteiger partial charge in [0.1, 0.15) is 5.82 Å². The van der Waals surface area contributed by atoms with Gasteiger partial charge in [0.05, 0.1) is 24.6 Å². The van der Waals surface area contributed by atoms with Gasteiger partial charge in [0.25, 0.3) is 0 Å². The molecular formula is C22H22N4O2S. The van der Waals surface area contributed by atoms with Crippen molar-refractivity contribution in [2.24, 2.45) is 0 Å². The van der Waals surface area contributed by atoms with Crippen LogP contribution < -0.4 is 16.0 Å². The lowest BCUT2D eigenvalue weighted by molar-refractivity contribution is -0.111. The molecule has 4 rings (SSSR count). The zero-order valence-corrected chi connectivity index (χ0v) is 16.7. The summed E-state index contributed by atoms with van der Waals surface area (Å²) in [6.45, 7) is 3.13. The topological polar surface area (TPSA) is 80.5 Å². The number of amides is 1. The van der Waals surface area contributed by atoms with Crippen molar-refractivity contribution < 1.29 is 9.53 Å². The smallest absolute Gasteiger partial charge is 0.248 e. The SMILES string of the molecule is Nc1ccc(-c2cccs2)cc1NC(=O)/C=C/c1ccc(N2CCOCC2)nc1. The number of nitrogens with zero attached hydrogens (tertiary/aromatic N) is 2. The molecule has 148 valence electrons. The fraction of sp³-hybridized carbons (Fsp3) is 0.182. The normalized spacial score (nSPS) is 14.3. The van der Waals surface area contributed by atoms with Crippen LogP contribution in [0, 0.1) is 0 Å². The Hall–Kier alpha value is -3.16. The highest BCUT2D eigenvalue weighted by Gasteiger charge is 2.11. The van der Waals surface area contributed by atoms with Crippen LogP contribution in [0.4, 0.5) is 17.2 Å². The standard InChI is InChI=1S/C22H22N4O2S/c23-18-6-5-17(20-2-1-13-29-20)14-19(18)25-22(27)8-4-16-3-7-21(24-15-16)26-9-11-28-12-10-26/h1-8,13-15H,9-12,23H2,(H,25,27)/b8-4+. The molecule has 0 saturated carbocycles. The number of pyridine rings is 1. The van der Waals surface area contributed by atoms with E-state index < -0.39 is 0 Å². The van der Waals surface area contributed by atoms with Crippen LogP contribution in [0.15, 0.2) is 60.1 Å². The molecule has 0 unspecified atom stereocenters. The highest BCUT2D eigenvalue weighted by Crippen LogP contribution is 2.30. The van der Waals surface area contributed by atoms with E-state index in [9.17, 15) is 4.79 Å². The Morgan fingerprint density at radius 2 is 2.07 bits per heavy atom. The minimum atomic E-state index is -0.239. The molecule has 3 aromatic rings. The van der Waals surface area contributed by atoms with Gasteiger partial charge in [-0.3, -0.25) is 4.79 Å². The molecule has 7 heteroatoms. The monoisotopic (exact) mass is 406 g/mol. The van der Waals surface area contributed by atoms with Crippen molar-refractivity contribution in [2.45, 2.75) is 0 Å². The van der Waals surface area contributed by atoms with E-state index >= 15 is 0 Å². The molecule has 0 atom stereocenters. The zero-order valence-electron chi connectivity index (χ0n) is 15.9. The van der Waals surface area contributed by atoms with E-state index in [0.717, 1.165) is 48.1 Å². The molecular weight excluding hydrogens is 384 g/mol. The Balaban J connectivity index is 1.40. The molecule has 1 saturated heterocycles. The summed E-state index contributed by atoms with van der Waals surface area (Å²) in [5, 5.41) is 4.88. The van der Waals surface area contributed by atoms with Gasteiger partial charge in [-0.1, -0.05) is 12.1 Å². The number of morpholine rings is 1. The van der Waals surface area contributed by atoms with Crippen molar-refractivity contribution in [1.29, 1.82) is 0 Å².